The van der Waals surface area contributed by atoms with Gasteiger partial charge in [0.15, 0.2) is 0 Å². The van der Waals surface area contributed by atoms with Gasteiger partial charge >= 0.3 is 0 Å². The summed E-state index contributed by atoms with van der Waals surface area (Å²) in [7, 11) is 3.85. The van der Waals surface area contributed by atoms with Gasteiger partial charge in [0.1, 0.15) is 5.82 Å². The first-order valence-electron chi connectivity index (χ1n) is 7.14. The number of carbonyl (C=O) groups is 1. The average molecular weight is 278 g/mol. The van der Waals surface area contributed by atoms with E-state index < -0.39 is 0 Å². The Balaban J connectivity index is 2.74. The summed E-state index contributed by atoms with van der Waals surface area (Å²) >= 11 is 0. The molecule has 0 atom stereocenters. The number of hydrogen-bond donors (Lipinski definition) is 2. The monoisotopic (exact) mass is 278 g/mol. The van der Waals surface area contributed by atoms with Crippen molar-refractivity contribution in [3.63, 3.8) is 0 Å². The first kappa shape index (κ1) is 16.4. The molecule has 5 heteroatoms. The van der Waals surface area contributed by atoms with Gasteiger partial charge in [-0.15, -0.1) is 0 Å². The zero-order chi connectivity index (χ0) is 15.1. The van der Waals surface area contributed by atoms with Crippen LogP contribution in [-0.2, 0) is 0 Å². The molecule has 1 aromatic rings. The lowest BCUT2D eigenvalue weighted by molar-refractivity contribution is 0.0950. The lowest BCUT2D eigenvalue weighted by Crippen LogP contribution is -2.33. The molecule has 0 aliphatic rings. The first-order valence-corrected chi connectivity index (χ1v) is 7.14. The van der Waals surface area contributed by atoms with Crippen molar-refractivity contribution < 1.29 is 4.79 Å². The van der Waals surface area contributed by atoms with E-state index in [2.05, 4.69) is 41.3 Å². The minimum absolute atomic E-state index is 0.0460. The summed E-state index contributed by atoms with van der Waals surface area (Å²) in [6.07, 6.45) is 0. The average Bonchev–Trinajstić information content (AvgIpc) is 2.46. The fourth-order valence-corrected chi connectivity index (χ4v) is 1.73. The van der Waals surface area contributed by atoms with Crippen molar-refractivity contribution in [3.05, 3.63) is 23.4 Å². The molecule has 0 fully saturated rings. The number of amides is 1. The van der Waals surface area contributed by atoms with Crippen LogP contribution in [0.15, 0.2) is 12.1 Å². The van der Waals surface area contributed by atoms with Crippen molar-refractivity contribution in [2.75, 3.05) is 39.0 Å². The maximum atomic E-state index is 12.2. The number of pyridine rings is 1. The third-order valence-corrected chi connectivity index (χ3v) is 3.27. The number of nitrogens with zero attached hydrogens (tertiary/aromatic N) is 2. The maximum absolute atomic E-state index is 12.2. The van der Waals surface area contributed by atoms with Crippen molar-refractivity contribution in [1.29, 1.82) is 0 Å². The van der Waals surface area contributed by atoms with Gasteiger partial charge in [-0.3, -0.25) is 4.79 Å². The quantitative estimate of drug-likeness (QED) is 0.800. The second-order valence-corrected chi connectivity index (χ2v) is 5.22. The summed E-state index contributed by atoms with van der Waals surface area (Å²) in [5.74, 6) is 0.975. The summed E-state index contributed by atoms with van der Waals surface area (Å²) in [5, 5.41) is 5.95. The van der Waals surface area contributed by atoms with Gasteiger partial charge in [0, 0.05) is 31.4 Å². The molecule has 1 rings (SSSR count). The molecule has 1 amide bonds. The van der Waals surface area contributed by atoms with Crippen LogP contribution in [-0.4, -0.2) is 49.5 Å². The molecule has 0 aliphatic heterocycles. The Kier molecular flexibility index (Phi) is 6.45. The summed E-state index contributed by atoms with van der Waals surface area (Å²) in [6.45, 7) is 8.71. The highest BCUT2D eigenvalue weighted by atomic mass is 16.1. The van der Waals surface area contributed by atoms with E-state index in [4.69, 9.17) is 0 Å². The van der Waals surface area contributed by atoms with Crippen LogP contribution >= 0.6 is 0 Å². The summed E-state index contributed by atoms with van der Waals surface area (Å²) < 4.78 is 0. The number of likely N-dealkylation sites (N-methyl/N-ethyl adjacent to an activating group) is 1. The predicted molar refractivity (Wildman–Crippen MR) is 83.4 cm³/mol. The van der Waals surface area contributed by atoms with Gasteiger partial charge in [-0.2, -0.15) is 0 Å². The molecule has 0 aromatic carbocycles. The van der Waals surface area contributed by atoms with Crippen LogP contribution in [0, 0.1) is 0 Å². The standard InChI is InChI=1S/C15H26N4O/c1-6-19(5)8-7-17-15(20)12-9-13(11(2)3)18-14(10-12)16-4/h9-11H,6-8H2,1-5H3,(H,16,18)(H,17,20). The molecule has 1 aromatic heterocycles. The highest BCUT2D eigenvalue weighted by molar-refractivity contribution is 5.95. The SMILES string of the molecule is CCN(C)CCNC(=O)c1cc(NC)nc(C(C)C)c1. The second kappa shape index (κ2) is 7.85. The zero-order valence-corrected chi connectivity index (χ0v) is 13.2. The molecule has 0 unspecified atom stereocenters. The van der Waals surface area contributed by atoms with Crippen LogP contribution in [0.5, 0.6) is 0 Å². The van der Waals surface area contributed by atoms with E-state index in [9.17, 15) is 4.79 Å². The third-order valence-electron chi connectivity index (χ3n) is 3.27. The van der Waals surface area contributed by atoms with Crippen molar-refractivity contribution in [2.24, 2.45) is 0 Å². The van der Waals surface area contributed by atoms with Crippen LogP contribution in [0.25, 0.3) is 0 Å². The topological polar surface area (TPSA) is 57.3 Å². The van der Waals surface area contributed by atoms with E-state index >= 15 is 0 Å². The van der Waals surface area contributed by atoms with Crippen molar-refractivity contribution >= 4 is 11.7 Å². The van der Waals surface area contributed by atoms with E-state index in [1.165, 1.54) is 0 Å². The Morgan fingerprint density at radius 1 is 1.40 bits per heavy atom. The van der Waals surface area contributed by atoms with Crippen LogP contribution in [0.1, 0.15) is 42.7 Å². The van der Waals surface area contributed by atoms with Crippen LogP contribution in [0.3, 0.4) is 0 Å². The molecular weight excluding hydrogens is 252 g/mol. The highest BCUT2D eigenvalue weighted by Crippen LogP contribution is 2.17. The number of rotatable bonds is 7. The normalized spacial score (nSPS) is 10.9. The van der Waals surface area contributed by atoms with Crippen molar-refractivity contribution in [3.8, 4) is 0 Å². The molecule has 1 heterocycles. The van der Waals surface area contributed by atoms with E-state index in [-0.39, 0.29) is 5.91 Å². The van der Waals surface area contributed by atoms with Crippen LogP contribution in [0.4, 0.5) is 5.82 Å². The summed E-state index contributed by atoms with van der Waals surface area (Å²) in [4.78, 5) is 18.8. The molecule has 0 aliphatic carbocycles. The molecular formula is C15H26N4O. The molecule has 5 nitrogen and oxygen atoms in total. The van der Waals surface area contributed by atoms with E-state index in [0.29, 0.717) is 18.0 Å². The van der Waals surface area contributed by atoms with Gasteiger partial charge in [-0.25, -0.2) is 4.98 Å². The number of carbonyl (C=O) groups excluding carboxylic acids is 1. The van der Waals surface area contributed by atoms with Gasteiger partial charge < -0.3 is 15.5 Å². The van der Waals surface area contributed by atoms with E-state index in [1.807, 2.05) is 20.2 Å². The fourth-order valence-electron chi connectivity index (χ4n) is 1.73. The third kappa shape index (κ3) is 4.81. The molecule has 0 radical (unpaired) electrons. The van der Waals surface area contributed by atoms with Crippen molar-refractivity contribution in [1.82, 2.24) is 15.2 Å². The fraction of sp³-hybridized carbons (Fsp3) is 0.600. The van der Waals surface area contributed by atoms with Gasteiger partial charge in [-0.1, -0.05) is 20.8 Å². The number of nitrogens with one attached hydrogen (secondary N) is 2. The van der Waals surface area contributed by atoms with E-state index in [1.54, 1.807) is 6.07 Å². The molecule has 0 saturated carbocycles. The molecule has 0 spiro atoms. The Labute approximate surface area is 121 Å². The first-order chi connectivity index (χ1) is 9.47. The Morgan fingerprint density at radius 3 is 2.65 bits per heavy atom. The largest absolute Gasteiger partial charge is 0.373 e. The highest BCUT2D eigenvalue weighted by Gasteiger charge is 2.11. The number of anilines is 1. The number of aromatic nitrogens is 1. The Morgan fingerprint density at radius 2 is 2.10 bits per heavy atom. The second-order valence-electron chi connectivity index (χ2n) is 5.22. The lowest BCUT2D eigenvalue weighted by Gasteiger charge is -2.15. The predicted octanol–water partition coefficient (Wildman–Crippen LogP) is 1.93. The van der Waals surface area contributed by atoms with Crippen molar-refractivity contribution in [2.45, 2.75) is 26.7 Å². The minimum atomic E-state index is -0.0460. The lowest BCUT2D eigenvalue weighted by atomic mass is 10.1. The number of hydrogen-bond acceptors (Lipinski definition) is 4. The van der Waals surface area contributed by atoms with Gasteiger partial charge in [-0.05, 0) is 31.6 Å². The molecule has 0 bridgehead atoms. The van der Waals surface area contributed by atoms with Gasteiger partial charge in [0.05, 0.1) is 0 Å². The van der Waals surface area contributed by atoms with Crippen LogP contribution in [0.2, 0.25) is 0 Å². The smallest absolute Gasteiger partial charge is 0.251 e. The zero-order valence-electron chi connectivity index (χ0n) is 13.2. The molecule has 2 N–H and O–H groups in total. The van der Waals surface area contributed by atoms with Gasteiger partial charge in [0.2, 0.25) is 0 Å². The molecule has 20 heavy (non-hydrogen) atoms. The Bertz CT molecular complexity index is 445. The maximum Gasteiger partial charge on any atom is 0.251 e. The van der Waals surface area contributed by atoms with Crippen LogP contribution < -0.4 is 10.6 Å². The molecule has 0 saturated heterocycles. The summed E-state index contributed by atoms with van der Waals surface area (Å²) in [5.41, 5.74) is 1.58. The van der Waals surface area contributed by atoms with E-state index in [0.717, 1.165) is 24.6 Å². The molecule has 112 valence electrons. The minimum Gasteiger partial charge on any atom is -0.373 e. The summed E-state index contributed by atoms with van der Waals surface area (Å²) in [6, 6.07) is 3.65. The van der Waals surface area contributed by atoms with Gasteiger partial charge in [0.25, 0.3) is 5.91 Å². The Hall–Kier alpha value is -1.62.